The van der Waals surface area contributed by atoms with Gasteiger partial charge in [-0.25, -0.2) is 4.68 Å². The number of rotatable bonds is 7. The molecule has 1 heterocycles. The van der Waals surface area contributed by atoms with Gasteiger partial charge in [0.2, 0.25) is 0 Å². The van der Waals surface area contributed by atoms with Crippen LogP contribution in [-0.4, -0.2) is 36.0 Å². The molecule has 134 valence electrons. The first kappa shape index (κ1) is 17.7. The molecule has 0 radical (unpaired) electrons. The summed E-state index contributed by atoms with van der Waals surface area (Å²) in [6.45, 7) is 2.85. The van der Waals surface area contributed by atoms with Crippen molar-refractivity contribution < 1.29 is 14.3 Å². The van der Waals surface area contributed by atoms with Crippen LogP contribution in [0, 0.1) is 6.92 Å². The molecule has 0 aliphatic carbocycles. The maximum Gasteiger partial charge on any atom is 0.276 e. The Morgan fingerprint density at radius 1 is 1.12 bits per heavy atom. The molecule has 0 spiro atoms. The fourth-order valence-electron chi connectivity index (χ4n) is 2.44. The van der Waals surface area contributed by atoms with Crippen LogP contribution in [0.2, 0.25) is 0 Å². The number of carbonyl (C=O) groups excluding carboxylic acids is 1. The standard InChI is InChI=1S/C20H21N3O3/c1-15-8-9-17(19(14-15)26-13-12-25-2)21-20(24)18-10-11-23(22-18)16-6-4-3-5-7-16/h3-11,14H,12-13H2,1-2H3,(H,21,24). The molecule has 0 aliphatic rings. The lowest BCUT2D eigenvalue weighted by atomic mass is 10.2. The zero-order valence-corrected chi connectivity index (χ0v) is 14.8. The van der Waals surface area contributed by atoms with Crippen molar-refractivity contribution in [3.8, 4) is 11.4 Å². The van der Waals surface area contributed by atoms with Crippen LogP contribution >= 0.6 is 0 Å². The van der Waals surface area contributed by atoms with Gasteiger partial charge in [0.05, 0.1) is 18.0 Å². The SMILES string of the molecule is COCCOc1cc(C)ccc1NC(=O)c1ccn(-c2ccccc2)n1. The second-order valence-corrected chi connectivity index (χ2v) is 5.78. The summed E-state index contributed by atoms with van der Waals surface area (Å²) in [5, 5.41) is 7.21. The third kappa shape index (κ3) is 4.29. The van der Waals surface area contributed by atoms with Crippen molar-refractivity contribution in [2.45, 2.75) is 6.92 Å². The summed E-state index contributed by atoms with van der Waals surface area (Å²) in [5.41, 5.74) is 2.87. The van der Waals surface area contributed by atoms with Gasteiger partial charge in [-0.3, -0.25) is 4.79 Å². The predicted octanol–water partition coefficient (Wildman–Crippen LogP) is 3.46. The average Bonchev–Trinajstić information content (AvgIpc) is 3.15. The molecule has 0 saturated carbocycles. The fraction of sp³-hybridized carbons (Fsp3) is 0.200. The highest BCUT2D eigenvalue weighted by molar-refractivity contribution is 6.03. The number of aromatic nitrogens is 2. The van der Waals surface area contributed by atoms with E-state index in [1.54, 1.807) is 24.1 Å². The molecular weight excluding hydrogens is 330 g/mol. The Balaban J connectivity index is 1.75. The van der Waals surface area contributed by atoms with Crippen molar-refractivity contribution in [1.29, 1.82) is 0 Å². The van der Waals surface area contributed by atoms with E-state index in [1.807, 2.05) is 55.5 Å². The van der Waals surface area contributed by atoms with Crippen LogP contribution in [0.5, 0.6) is 5.75 Å². The van der Waals surface area contributed by atoms with Gasteiger partial charge in [0.15, 0.2) is 5.69 Å². The summed E-state index contributed by atoms with van der Waals surface area (Å²) in [4.78, 5) is 12.6. The molecule has 0 fully saturated rings. The molecule has 1 N–H and O–H groups in total. The maximum absolute atomic E-state index is 12.6. The Morgan fingerprint density at radius 3 is 2.69 bits per heavy atom. The monoisotopic (exact) mass is 351 g/mol. The minimum Gasteiger partial charge on any atom is -0.489 e. The first-order valence-corrected chi connectivity index (χ1v) is 8.32. The van der Waals surface area contributed by atoms with Crippen LogP contribution in [0.1, 0.15) is 16.1 Å². The second kappa shape index (κ2) is 8.31. The molecule has 6 heteroatoms. The molecule has 0 bridgehead atoms. The summed E-state index contributed by atoms with van der Waals surface area (Å²) in [7, 11) is 1.62. The number of amides is 1. The van der Waals surface area contributed by atoms with Gasteiger partial charge in [0.1, 0.15) is 12.4 Å². The fourth-order valence-corrected chi connectivity index (χ4v) is 2.44. The van der Waals surface area contributed by atoms with E-state index in [0.717, 1.165) is 11.3 Å². The highest BCUT2D eigenvalue weighted by Crippen LogP contribution is 2.26. The molecule has 6 nitrogen and oxygen atoms in total. The quantitative estimate of drug-likeness (QED) is 0.662. The molecule has 26 heavy (non-hydrogen) atoms. The van der Waals surface area contributed by atoms with E-state index in [4.69, 9.17) is 9.47 Å². The van der Waals surface area contributed by atoms with Crippen molar-refractivity contribution in [2.24, 2.45) is 0 Å². The van der Waals surface area contributed by atoms with Crippen molar-refractivity contribution >= 4 is 11.6 Å². The van der Waals surface area contributed by atoms with E-state index < -0.39 is 0 Å². The predicted molar refractivity (Wildman–Crippen MR) is 100 cm³/mol. The Morgan fingerprint density at radius 2 is 1.92 bits per heavy atom. The minimum atomic E-state index is -0.292. The van der Waals surface area contributed by atoms with Crippen molar-refractivity contribution in [3.63, 3.8) is 0 Å². The van der Waals surface area contributed by atoms with Crippen molar-refractivity contribution in [1.82, 2.24) is 9.78 Å². The van der Waals surface area contributed by atoms with E-state index >= 15 is 0 Å². The van der Waals surface area contributed by atoms with Crippen molar-refractivity contribution in [3.05, 3.63) is 72.1 Å². The summed E-state index contributed by atoms with van der Waals surface area (Å²) in [5.74, 6) is 0.318. The van der Waals surface area contributed by atoms with E-state index in [1.165, 1.54) is 0 Å². The van der Waals surface area contributed by atoms with Gasteiger partial charge < -0.3 is 14.8 Å². The van der Waals surface area contributed by atoms with Gasteiger partial charge in [0.25, 0.3) is 5.91 Å². The van der Waals surface area contributed by atoms with E-state index in [9.17, 15) is 4.79 Å². The number of carbonyl (C=O) groups is 1. The highest BCUT2D eigenvalue weighted by Gasteiger charge is 2.13. The Bertz CT molecular complexity index is 875. The normalized spacial score (nSPS) is 10.5. The van der Waals surface area contributed by atoms with Gasteiger partial charge in [0, 0.05) is 13.3 Å². The molecule has 3 rings (SSSR count). The number of anilines is 1. The molecule has 0 unspecified atom stereocenters. The van der Waals surface area contributed by atoms with Crippen LogP contribution in [0.4, 0.5) is 5.69 Å². The van der Waals surface area contributed by atoms with Gasteiger partial charge in [-0.1, -0.05) is 24.3 Å². The number of para-hydroxylation sites is 1. The lowest BCUT2D eigenvalue weighted by Crippen LogP contribution is -2.15. The van der Waals surface area contributed by atoms with E-state index in [0.29, 0.717) is 30.3 Å². The first-order valence-electron chi connectivity index (χ1n) is 8.32. The molecule has 0 atom stereocenters. The van der Waals surface area contributed by atoms with Crippen LogP contribution in [0.25, 0.3) is 5.69 Å². The molecule has 0 aliphatic heterocycles. The number of nitrogens with one attached hydrogen (secondary N) is 1. The van der Waals surface area contributed by atoms with Gasteiger partial charge in [-0.05, 0) is 42.8 Å². The largest absolute Gasteiger partial charge is 0.489 e. The van der Waals surface area contributed by atoms with Crippen molar-refractivity contribution in [2.75, 3.05) is 25.6 Å². The van der Waals surface area contributed by atoms with Crippen LogP contribution in [-0.2, 0) is 4.74 Å². The number of hydrogen-bond donors (Lipinski definition) is 1. The smallest absolute Gasteiger partial charge is 0.276 e. The van der Waals surface area contributed by atoms with Gasteiger partial charge >= 0.3 is 0 Å². The number of methoxy groups -OCH3 is 1. The second-order valence-electron chi connectivity index (χ2n) is 5.78. The zero-order chi connectivity index (χ0) is 18.4. The number of benzene rings is 2. The van der Waals surface area contributed by atoms with E-state index in [-0.39, 0.29) is 5.91 Å². The van der Waals surface area contributed by atoms with Crippen LogP contribution in [0.3, 0.4) is 0 Å². The van der Waals surface area contributed by atoms with Crippen LogP contribution < -0.4 is 10.1 Å². The minimum absolute atomic E-state index is 0.292. The molecule has 0 saturated heterocycles. The summed E-state index contributed by atoms with van der Waals surface area (Å²) in [6.07, 6.45) is 1.76. The summed E-state index contributed by atoms with van der Waals surface area (Å²) in [6, 6.07) is 16.9. The average molecular weight is 351 g/mol. The van der Waals surface area contributed by atoms with Gasteiger partial charge in [-0.15, -0.1) is 0 Å². The third-order valence-electron chi connectivity index (χ3n) is 3.77. The Hall–Kier alpha value is -3.12. The number of hydrogen-bond acceptors (Lipinski definition) is 4. The highest BCUT2D eigenvalue weighted by atomic mass is 16.5. The molecule has 3 aromatic rings. The third-order valence-corrected chi connectivity index (χ3v) is 3.77. The number of aryl methyl sites for hydroxylation is 1. The molecule has 1 amide bonds. The van der Waals surface area contributed by atoms with Gasteiger partial charge in [-0.2, -0.15) is 5.10 Å². The summed E-state index contributed by atoms with van der Waals surface area (Å²) < 4.78 is 12.4. The zero-order valence-electron chi connectivity index (χ0n) is 14.8. The Labute approximate surface area is 152 Å². The lowest BCUT2D eigenvalue weighted by Gasteiger charge is -2.12. The first-order chi connectivity index (χ1) is 12.7. The summed E-state index contributed by atoms with van der Waals surface area (Å²) >= 11 is 0. The topological polar surface area (TPSA) is 65.4 Å². The number of nitrogens with zero attached hydrogens (tertiary/aromatic N) is 2. The maximum atomic E-state index is 12.6. The van der Waals surface area contributed by atoms with E-state index in [2.05, 4.69) is 10.4 Å². The lowest BCUT2D eigenvalue weighted by molar-refractivity contribution is 0.102. The number of ether oxygens (including phenoxy) is 2. The molecule has 2 aromatic carbocycles. The molecule has 1 aromatic heterocycles. The molecular formula is C20H21N3O3. The van der Waals surface area contributed by atoms with Crippen LogP contribution in [0.15, 0.2) is 60.8 Å². The Kier molecular flexibility index (Phi) is 5.66.